The molecule has 1 atom stereocenters. The monoisotopic (exact) mass is 286 g/mol. The second kappa shape index (κ2) is 9.75. The summed E-state index contributed by atoms with van der Waals surface area (Å²) in [4.78, 5) is 0. The summed E-state index contributed by atoms with van der Waals surface area (Å²) in [5.74, 6) is 0.535. The summed E-state index contributed by atoms with van der Waals surface area (Å²) in [6.07, 6.45) is 9.37. The van der Waals surface area contributed by atoms with Crippen LogP contribution in [0.2, 0.25) is 0 Å². The van der Waals surface area contributed by atoms with Gasteiger partial charge in [0.05, 0.1) is 25.9 Å². The van der Waals surface area contributed by atoms with Crippen LogP contribution in [0.3, 0.4) is 0 Å². The lowest BCUT2D eigenvalue weighted by molar-refractivity contribution is -0.101. The summed E-state index contributed by atoms with van der Waals surface area (Å²) < 4.78 is 17.3. The Labute approximate surface area is 125 Å². The van der Waals surface area contributed by atoms with Gasteiger partial charge in [0.15, 0.2) is 0 Å². The highest BCUT2D eigenvalue weighted by molar-refractivity contribution is 4.84. The molecule has 1 saturated carbocycles. The van der Waals surface area contributed by atoms with Crippen molar-refractivity contribution in [3.63, 3.8) is 0 Å². The number of ether oxygens (including phenoxy) is 3. The lowest BCUT2D eigenvalue weighted by atomic mass is 9.76. The molecule has 0 spiro atoms. The van der Waals surface area contributed by atoms with Crippen LogP contribution in [0.15, 0.2) is 0 Å². The largest absolute Gasteiger partial charge is 0.384 e. The van der Waals surface area contributed by atoms with Crippen molar-refractivity contribution >= 4 is 0 Å². The number of hydrogen-bond acceptors (Lipinski definition) is 3. The van der Waals surface area contributed by atoms with Gasteiger partial charge in [0.25, 0.3) is 0 Å². The van der Waals surface area contributed by atoms with Crippen molar-refractivity contribution in [1.29, 1.82) is 0 Å². The molecular formula is C17H34O3. The van der Waals surface area contributed by atoms with E-state index in [1.54, 1.807) is 14.2 Å². The Hall–Kier alpha value is -0.120. The van der Waals surface area contributed by atoms with E-state index in [1.165, 1.54) is 38.5 Å². The highest BCUT2D eigenvalue weighted by Gasteiger charge is 2.37. The fraction of sp³-hybridized carbons (Fsp3) is 1.00. The Morgan fingerprint density at radius 2 is 1.50 bits per heavy atom. The molecule has 0 heterocycles. The first-order valence-electron chi connectivity index (χ1n) is 8.28. The second-order valence-electron chi connectivity index (χ2n) is 6.46. The van der Waals surface area contributed by atoms with Gasteiger partial charge in [0.2, 0.25) is 0 Å². The van der Waals surface area contributed by atoms with E-state index in [1.807, 2.05) is 0 Å². The summed E-state index contributed by atoms with van der Waals surface area (Å²) in [5.41, 5.74) is -0.00937. The molecule has 0 N–H and O–H groups in total. The normalized spacial score (nSPS) is 19.8. The van der Waals surface area contributed by atoms with Gasteiger partial charge in [-0.25, -0.2) is 0 Å². The SMILES string of the molecule is CCC(C)C(COC)(COC)COC1CCCCCC1. The Kier molecular flexibility index (Phi) is 8.74. The third-order valence-electron chi connectivity index (χ3n) is 4.93. The maximum absolute atomic E-state index is 6.30. The molecule has 1 aliphatic rings. The smallest absolute Gasteiger partial charge is 0.0575 e. The van der Waals surface area contributed by atoms with Gasteiger partial charge in [-0.05, 0) is 18.8 Å². The van der Waals surface area contributed by atoms with Crippen LogP contribution in [0.1, 0.15) is 58.8 Å². The quantitative estimate of drug-likeness (QED) is 0.598. The van der Waals surface area contributed by atoms with E-state index >= 15 is 0 Å². The zero-order valence-electron chi connectivity index (χ0n) is 14.0. The standard InChI is InChI=1S/C17H34O3/c1-5-15(2)17(12-18-3,13-19-4)14-20-16-10-8-6-7-9-11-16/h15-16H,5-14H2,1-4H3. The maximum atomic E-state index is 6.30. The van der Waals surface area contributed by atoms with Crippen LogP contribution in [-0.4, -0.2) is 40.1 Å². The minimum atomic E-state index is -0.00937. The van der Waals surface area contributed by atoms with E-state index < -0.39 is 0 Å². The van der Waals surface area contributed by atoms with Gasteiger partial charge in [-0.1, -0.05) is 46.0 Å². The van der Waals surface area contributed by atoms with E-state index in [2.05, 4.69) is 13.8 Å². The molecule has 0 bridgehead atoms. The summed E-state index contributed by atoms with van der Waals surface area (Å²) in [6.45, 7) is 6.70. The summed E-state index contributed by atoms with van der Waals surface area (Å²) >= 11 is 0. The van der Waals surface area contributed by atoms with Gasteiger partial charge in [0.1, 0.15) is 0 Å². The molecule has 0 aromatic rings. The van der Waals surface area contributed by atoms with Crippen molar-refractivity contribution in [2.45, 2.75) is 64.9 Å². The van der Waals surface area contributed by atoms with E-state index in [0.29, 0.717) is 25.2 Å². The lowest BCUT2D eigenvalue weighted by Gasteiger charge is -2.38. The summed E-state index contributed by atoms with van der Waals surface area (Å²) in [7, 11) is 3.55. The van der Waals surface area contributed by atoms with Crippen LogP contribution in [0.25, 0.3) is 0 Å². The summed E-state index contributed by atoms with van der Waals surface area (Å²) in [6, 6.07) is 0. The summed E-state index contributed by atoms with van der Waals surface area (Å²) in [5, 5.41) is 0. The molecule has 1 unspecified atom stereocenters. The van der Waals surface area contributed by atoms with Crippen LogP contribution in [0.4, 0.5) is 0 Å². The molecule has 3 heteroatoms. The molecule has 1 aliphatic carbocycles. The zero-order valence-corrected chi connectivity index (χ0v) is 14.0. The van der Waals surface area contributed by atoms with Gasteiger partial charge in [-0.15, -0.1) is 0 Å². The molecule has 0 aromatic heterocycles. The van der Waals surface area contributed by atoms with Crippen molar-refractivity contribution in [2.24, 2.45) is 11.3 Å². The maximum Gasteiger partial charge on any atom is 0.0575 e. The molecule has 0 saturated heterocycles. The molecule has 20 heavy (non-hydrogen) atoms. The third-order valence-corrected chi connectivity index (χ3v) is 4.93. The molecule has 1 fully saturated rings. The van der Waals surface area contributed by atoms with Crippen LogP contribution >= 0.6 is 0 Å². The minimum absolute atomic E-state index is 0.00937. The first-order valence-corrected chi connectivity index (χ1v) is 8.28. The van der Waals surface area contributed by atoms with E-state index in [-0.39, 0.29) is 5.41 Å². The molecule has 0 radical (unpaired) electrons. The van der Waals surface area contributed by atoms with Gasteiger partial charge in [-0.2, -0.15) is 0 Å². The average Bonchev–Trinajstić information content (AvgIpc) is 2.73. The Balaban J connectivity index is 2.61. The molecular weight excluding hydrogens is 252 g/mol. The number of methoxy groups -OCH3 is 2. The van der Waals surface area contributed by atoms with Gasteiger partial charge in [-0.3, -0.25) is 0 Å². The van der Waals surface area contributed by atoms with Crippen LogP contribution in [0, 0.1) is 11.3 Å². The first kappa shape index (κ1) is 17.9. The van der Waals surface area contributed by atoms with Crippen molar-refractivity contribution in [1.82, 2.24) is 0 Å². The molecule has 0 aromatic carbocycles. The first-order chi connectivity index (χ1) is 9.68. The topological polar surface area (TPSA) is 27.7 Å². The highest BCUT2D eigenvalue weighted by Crippen LogP contribution is 2.33. The highest BCUT2D eigenvalue weighted by atomic mass is 16.5. The van der Waals surface area contributed by atoms with Crippen LogP contribution in [0.5, 0.6) is 0 Å². The molecule has 0 amide bonds. The zero-order chi connectivity index (χ0) is 14.8. The average molecular weight is 286 g/mol. The predicted octanol–water partition coefficient (Wildman–Crippen LogP) is 4.05. The van der Waals surface area contributed by atoms with Crippen molar-refractivity contribution in [3.05, 3.63) is 0 Å². The Morgan fingerprint density at radius 1 is 0.950 bits per heavy atom. The van der Waals surface area contributed by atoms with Crippen LogP contribution in [-0.2, 0) is 14.2 Å². The fourth-order valence-electron chi connectivity index (χ4n) is 3.25. The second-order valence-corrected chi connectivity index (χ2v) is 6.46. The van der Waals surface area contributed by atoms with Gasteiger partial charge >= 0.3 is 0 Å². The van der Waals surface area contributed by atoms with Crippen LogP contribution < -0.4 is 0 Å². The molecule has 3 nitrogen and oxygen atoms in total. The van der Waals surface area contributed by atoms with E-state index in [9.17, 15) is 0 Å². The Bertz CT molecular complexity index is 228. The molecule has 120 valence electrons. The molecule has 0 aliphatic heterocycles. The predicted molar refractivity (Wildman–Crippen MR) is 83.1 cm³/mol. The van der Waals surface area contributed by atoms with Crippen molar-refractivity contribution < 1.29 is 14.2 Å². The van der Waals surface area contributed by atoms with Crippen molar-refractivity contribution in [2.75, 3.05) is 34.0 Å². The Morgan fingerprint density at radius 3 is 1.95 bits per heavy atom. The molecule has 1 rings (SSSR count). The third kappa shape index (κ3) is 5.34. The number of hydrogen-bond donors (Lipinski definition) is 0. The van der Waals surface area contributed by atoms with Crippen molar-refractivity contribution in [3.8, 4) is 0 Å². The minimum Gasteiger partial charge on any atom is -0.384 e. The fourth-order valence-corrected chi connectivity index (χ4v) is 3.25. The van der Waals surface area contributed by atoms with Gasteiger partial charge < -0.3 is 14.2 Å². The van der Waals surface area contributed by atoms with E-state index in [0.717, 1.165) is 13.0 Å². The van der Waals surface area contributed by atoms with Gasteiger partial charge in [0, 0.05) is 19.6 Å². The lowest BCUT2D eigenvalue weighted by Crippen LogP contribution is -2.43. The van der Waals surface area contributed by atoms with E-state index in [4.69, 9.17) is 14.2 Å². The number of rotatable bonds is 9.